The van der Waals surface area contributed by atoms with Crippen LogP contribution in [0.3, 0.4) is 0 Å². The van der Waals surface area contributed by atoms with E-state index in [-0.39, 0.29) is 29.1 Å². The molecule has 0 aliphatic carbocycles. The minimum Gasteiger partial charge on any atom is -0.458 e. The number of ether oxygens (including phenoxy) is 1. The van der Waals surface area contributed by atoms with Crippen molar-refractivity contribution in [3.8, 4) is 0 Å². The van der Waals surface area contributed by atoms with Crippen LogP contribution in [0.2, 0.25) is 5.04 Å². The van der Waals surface area contributed by atoms with Crippen molar-refractivity contribution in [2.45, 2.75) is 115 Å². The molecule has 0 amide bonds. The lowest BCUT2D eigenvalue weighted by atomic mass is 9.82. The Labute approximate surface area is 274 Å². The van der Waals surface area contributed by atoms with Gasteiger partial charge >= 0.3 is 5.97 Å². The predicted octanol–water partition coefficient (Wildman–Crippen LogP) is 9.92. The number of hydrogen-bond acceptors (Lipinski definition) is 4. The first-order chi connectivity index (χ1) is 21.8. The molecule has 0 saturated carbocycles. The Morgan fingerprint density at radius 3 is 2.04 bits per heavy atom. The Balaban J connectivity index is 1.79. The summed E-state index contributed by atoms with van der Waals surface area (Å²) in [5.41, 5.74) is 4.68. The van der Waals surface area contributed by atoms with Crippen molar-refractivity contribution in [3.05, 3.63) is 113 Å². The molecule has 0 saturated heterocycles. The van der Waals surface area contributed by atoms with Gasteiger partial charge in [-0.3, -0.25) is 4.79 Å². The van der Waals surface area contributed by atoms with E-state index in [1.54, 1.807) is 0 Å². The summed E-state index contributed by atoms with van der Waals surface area (Å²) in [5.74, 6) is -0.0457. The standard InChI is InChI=1S/C40H54O4Si/c1-5-6-7-8-9-16-26-37(29-28-33-20-19-25-36(31-33)38(43-32(2)42)27-17-18-30-41)44-45-40(3,4)39(34-21-12-10-13-22-34)35-23-14-11-15-24-35/h10-15,19-25,28-31,37-39H,5-9,16-18,26-27,45H2,1-4H3/b29-28+. The fourth-order valence-corrected chi connectivity index (χ4v) is 7.67. The molecule has 242 valence electrons. The number of hydrogen-bond donors (Lipinski definition) is 0. The van der Waals surface area contributed by atoms with Gasteiger partial charge in [-0.15, -0.1) is 0 Å². The summed E-state index contributed by atoms with van der Waals surface area (Å²) in [7, 11) is -0.974. The van der Waals surface area contributed by atoms with Crippen LogP contribution < -0.4 is 0 Å². The SMILES string of the molecule is CCCCCCCCC(/C=C/c1cccc(C(CCCC=O)OC(C)=O)c1)O[SiH2]C(C)(C)C(c1ccccc1)c1ccccc1. The maximum Gasteiger partial charge on any atom is 0.303 e. The summed E-state index contributed by atoms with van der Waals surface area (Å²) in [6.45, 7) is 8.44. The molecule has 2 atom stereocenters. The maximum atomic E-state index is 11.8. The fraction of sp³-hybridized carbons (Fsp3) is 0.450. The molecule has 3 rings (SSSR count). The molecule has 4 nitrogen and oxygen atoms in total. The molecule has 3 aromatic rings. The normalized spacial score (nSPS) is 13.4. The second kappa shape index (κ2) is 20.0. The highest BCUT2D eigenvalue weighted by atomic mass is 28.2. The molecule has 0 N–H and O–H groups in total. The number of carbonyl (C=O) groups excluding carboxylic acids is 2. The van der Waals surface area contributed by atoms with Crippen molar-refractivity contribution in [1.29, 1.82) is 0 Å². The molecule has 0 bridgehead atoms. The van der Waals surface area contributed by atoms with Crippen LogP contribution in [0, 0.1) is 0 Å². The van der Waals surface area contributed by atoms with Gasteiger partial charge in [-0.2, -0.15) is 0 Å². The monoisotopic (exact) mass is 626 g/mol. The highest BCUT2D eigenvalue weighted by Crippen LogP contribution is 2.46. The van der Waals surface area contributed by atoms with Crippen LogP contribution in [0.25, 0.3) is 6.08 Å². The lowest BCUT2D eigenvalue weighted by Gasteiger charge is -2.35. The van der Waals surface area contributed by atoms with E-state index in [2.05, 4.69) is 106 Å². The summed E-state index contributed by atoms with van der Waals surface area (Å²) >= 11 is 0. The van der Waals surface area contributed by atoms with E-state index in [1.165, 1.54) is 50.2 Å². The van der Waals surface area contributed by atoms with Crippen LogP contribution in [0.4, 0.5) is 0 Å². The van der Waals surface area contributed by atoms with Gasteiger partial charge in [-0.1, -0.05) is 150 Å². The number of unbranched alkanes of at least 4 members (excludes halogenated alkanes) is 6. The number of rotatable bonds is 21. The lowest BCUT2D eigenvalue weighted by molar-refractivity contribution is -0.147. The second-order valence-corrected chi connectivity index (χ2v) is 15.3. The van der Waals surface area contributed by atoms with Crippen LogP contribution >= 0.6 is 0 Å². The van der Waals surface area contributed by atoms with E-state index >= 15 is 0 Å². The predicted molar refractivity (Wildman–Crippen MR) is 190 cm³/mol. The van der Waals surface area contributed by atoms with E-state index in [1.807, 2.05) is 12.1 Å². The molecule has 45 heavy (non-hydrogen) atoms. The third-order valence-corrected chi connectivity index (χ3v) is 10.2. The fourth-order valence-electron chi connectivity index (χ4n) is 6.11. The molecule has 0 fully saturated rings. The van der Waals surface area contributed by atoms with Gasteiger partial charge in [-0.25, -0.2) is 0 Å². The quantitative estimate of drug-likeness (QED) is 0.0511. The Morgan fingerprint density at radius 2 is 1.42 bits per heavy atom. The van der Waals surface area contributed by atoms with Gasteiger partial charge < -0.3 is 14.0 Å². The first-order valence-electron chi connectivity index (χ1n) is 16.9. The Kier molecular flexibility index (Phi) is 16.1. The largest absolute Gasteiger partial charge is 0.458 e. The molecular weight excluding hydrogens is 573 g/mol. The zero-order valence-electron chi connectivity index (χ0n) is 28.0. The van der Waals surface area contributed by atoms with Crippen LogP contribution in [0.1, 0.15) is 126 Å². The zero-order valence-corrected chi connectivity index (χ0v) is 29.4. The topological polar surface area (TPSA) is 52.6 Å². The van der Waals surface area contributed by atoms with Crippen molar-refractivity contribution in [1.82, 2.24) is 0 Å². The summed E-state index contributed by atoms with van der Waals surface area (Å²) in [6.07, 6.45) is 15.3. The van der Waals surface area contributed by atoms with Gasteiger partial charge in [0.25, 0.3) is 0 Å². The summed E-state index contributed by atoms with van der Waals surface area (Å²) in [5, 5.41) is -0.00535. The summed E-state index contributed by atoms with van der Waals surface area (Å²) in [4.78, 5) is 22.7. The smallest absolute Gasteiger partial charge is 0.303 e. The van der Waals surface area contributed by atoms with E-state index in [4.69, 9.17) is 9.16 Å². The van der Waals surface area contributed by atoms with Crippen molar-refractivity contribution in [3.63, 3.8) is 0 Å². The molecular formula is C40H54O4Si. The molecule has 0 aliphatic heterocycles. The lowest BCUT2D eigenvalue weighted by Crippen LogP contribution is -2.28. The Bertz CT molecular complexity index is 1250. The molecule has 0 spiro atoms. The van der Waals surface area contributed by atoms with Crippen LogP contribution in [0.15, 0.2) is 91.0 Å². The minimum atomic E-state index is -0.974. The average molecular weight is 627 g/mol. The van der Waals surface area contributed by atoms with Gasteiger partial charge in [0.15, 0.2) is 9.76 Å². The maximum absolute atomic E-state index is 11.8. The van der Waals surface area contributed by atoms with Crippen LogP contribution in [-0.2, 0) is 18.8 Å². The van der Waals surface area contributed by atoms with Crippen LogP contribution in [0.5, 0.6) is 0 Å². The molecule has 0 aromatic heterocycles. The first-order valence-corrected chi connectivity index (χ1v) is 18.2. The van der Waals surface area contributed by atoms with Crippen molar-refractivity contribution in [2.75, 3.05) is 0 Å². The van der Waals surface area contributed by atoms with Gasteiger partial charge in [0.1, 0.15) is 12.4 Å². The van der Waals surface area contributed by atoms with Gasteiger partial charge in [0.2, 0.25) is 0 Å². The first kappa shape index (κ1) is 36.2. The van der Waals surface area contributed by atoms with Gasteiger partial charge in [0, 0.05) is 19.3 Å². The van der Waals surface area contributed by atoms with Crippen molar-refractivity contribution >= 4 is 28.1 Å². The van der Waals surface area contributed by atoms with E-state index in [9.17, 15) is 9.59 Å². The van der Waals surface area contributed by atoms with E-state index < -0.39 is 9.76 Å². The second-order valence-electron chi connectivity index (χ2n) is 12.9. The van der Waals surface area contributed by atoms with Gasteiger partial charge in [0.05, 0.1) is 6.10 Å². The zero-order chi connectivity index (χ0) is 32.3. The Hall–Kier alpha value is -3.28. The van der Waals surface area contributed by atoms with E-state index in [0.717, 1.165) is 30.3 Å². The van der Waals surface area contributed by atoms with E-state index in [0.29, 0.717) is 19.3 Å². The number of esters is 1. The molecule has 0 radical (unpaired) electrons. The highest BCUT2D eigenvalue weighted by Gasteiger charge is 2.33. The van der Waals surface area contributed by atoms with Crippen molar-refractivity contribution in [2.24, 2.45) is 0 Å². The summed E-state index contributed by atoms with van der Waals surface area (Å²) < 4.78 is 12.6. The molecule has 3 aromatic carbocycles. The number of benzene rings is 3. The Morgan fingerprint density at radius 1 is 0.800 bits per heavy atom. The molecule has 5 heteroatoms. The molecule has 0 aliphatic rings. The van der Waals surface area contributed by atoms with Crippen LogP contribution in [-0.4, -0.2) is 28.1 Å². The highest BCUT2D eigenvalue weighted by molar-refractivity contribution is 6.32. The average Bonchev–Trinajstić information content (AvgIpc) is 3.04. The molecule has 0 heterocycles. The summed E-state index contributed by atoms with van der Waals surface area (Å²) in [6, 6.07) is 29.9. The molecule has 2 unspecified atom stereocenters. The van der Waals surface area contributed by atoms with Crippen molar-refractivity contribution < 1.29 is 18.8 Å². The third kappa shape index (κ3) is 12.9. The minimum absolute atomic E-state index is 0.00535. The number of aldehydes is 1. The third-order valence-electron chi connectivity index (χ3n) is 8.44. The number of carbonyl (C=O) groups is 2. The van der Waals surface area contributed by atoms with Gasteiger partial charge in [-0.05, 0) is 52.6 Å².